The van der Waals surface area contributed by atoms with E-state index in [1.54, 1.807) is 0 Å². The third kappa shape index (κ3) is 2.17. The van der Waals surface area contributed by atoms with Crippen LogP contribution in [0.5, 0.6) is 0 Å². The summed E-state index contributed by atoms with van der Waals surface area (Å²) in [5.41, 5.74) is 0. The van der Waals surface area contributed by atoms with Gasteiger partial charge in [-0.15, -0.1) is 0 Å². The fourth-order valence-electron chi connectivity index (χ4n) is 2.92. The van der Waals surface area contributed by atoms with Crippen LogP contribution >= 0.6 is 0 Å². The van der Waals surface area contributed by atoms with Crippen LogP contribution in [0.3, 0.4) is 0 Å². The zero-order valence-electron chi connectivity index (χ0n) is 9.77. The van der Waals surface area contributed by atoms with Gasteiger partial charge in [-0.3, -0.25) is 4.90 Å². The Morgan fingerprint density at radius 3 is 2.88 bits per heavy atom. The molecule has 1 aromatic rings. The van der Waals surface area contributed by atoms with Crippen LogP contribution < -0.4 is 5.32 Å². The molecular formula is C12H17FN4. The Morgan fingerprint density at radius 1 is 1.24 bits per heavy atom. The van der Waals surface area contributed by atoms with E-state index in [0.29, 0.717) is 6.04 Å². The lowest BCUT2D eigenvalue weighted by atomic mass is 9.93. The SMILES string of the molecule is Fc1cnc(C2NCCN3CCCCC23)nc1. The Labute approximate surface area is 100 Å². The van der Waals surface area contributed by atoms with Crippen LogP contribution in [0.2, 0.25) is 0 Å². The van der Waals surface area contributed by atoms with Crippen molar-refractivity contribution in [2.24, 2.45) is 0 Å². The first-order chi connectivity index (χ1) is 8.34. The zero-order valence-corrected chi connectivity index (χ0v) is 9.77. The molecule has 2 aliphatic rings. The van der Waals surface area contributed by atoms with E-state index in [-0.39, 0.29) is 11.9 Å². The molecule has 4 nitrogen and oxygen atoms in total. The van der Waals surface area contributed by atoms with Crippen LogP contribution in [0.15, 0.2) is 12.4 Å². The Bertz CT molecular complexity index is 379. The summed E-state index contributed by atoms with van der Waals surface area (Å²) >= 11 is 0. The lowest BCUT2D eigenvalue weighted by molar-refractivity contribution is 0.0799. The van der Waals surface area contributed by atoms with Gasteiger partial charge in [0, 0.05) is 19.1 Å². The highest BCUT2D eigenvalue weighted by atomic mass is 19.1. The molecule has 1 N–H and O–H groups in total. The molecule has 17 heavy (non-hydrogen) atoms. The fourth-order valence-corrected chi connectivity index (χ4v) is 2.92. The molecule has 2 atom stereocenters. The maximum atomic E-state index is 12.8. The Balaban J connectivity index is 1.83. The Morgan fingerprint density at radius 2 is 2.06 bits per heavy atom. The molecule has 2 saturated heterocycles. The van der Waals surface area contributed by atoms with Crippen molar-refractivity contribution in [3.8, 4) is 0 Å². The minimum atomic E-state index is -0.370. The quantitative estimate of drug-likeness (QED) is 0.793. The third-order valence-electron chi connectivity index (χ3n) is 3.73. The highest BCUT2D eigenvalue weighted by Gasteiger charge is 2.35. The van der Waals surface area contributed by atoms with E-state index in [2.05, 4.69) is 20.2 Å². The second-order valence-corrected chi connectivity index (χ2v) is 4.79. The van der Waals surface area contributed by atoms with Crippen molar-refractivity contribution in [1.29, 1.82) is 0 Å². The van der Waals surface area contributed by atoms with Crippen LogP contribution in [-0.4, -0.2) is 40.5 Å². The zero-order chi connectivity index (χ0) is 11.7. The second-order valence-electron chi connectivity index (χ2n) is 4.79. The smallest absolute Gasteiger partial charge is 0.159 e. The number of piperidine rings is 1. The van der Waals surface area contributed by atoms with Gasteiger partial charge in [-0.05, 0) is 19.4 Å². The summed E-state index contributed by atoms with van der Waals surface area (Å²) in [7, 11) is 0. The summed E-state index contributed by atoms with van der Waals surface area (Å²) in [6.07, 6.45) is 6.24. The van der Waals surface area contributed by atoms with Gasteiger partial charge >= 0.3 is 0 Å². The molecule has 0 saturated carbocycles. The van der Waals surface area contributed by atoms with E-state index >= 15 is 0 Å². The van der Waals surface area contributed by atoms with Gasteiger partial charge in [0.25, 0.3) is 0 Å². The molecule has 0 aromatic carbocycles. The highest BCUT2D eigenvalue weighted by Crippen LogP contribution is 2.28. The monoisotopic (exact) mass is 236 g/mol. The predicted molar refractivity (Wildman–Crippen MR) is 61.9 cm³/mol. The topological polar surface area (TPSA) is 41.1 Å². The van der Waals surface area contributed by atoms with Crippen molar-refractivity contribution in [3.05, 3.63) is 24.0 Å². The molecule has 0 amide bonds. The third-order valence-corrected chi connectivity index (χ3v) is 3.73. The second kappa shape index (κ2) is 4.66. The van der Waals surface area contributed by atoms with Crippen molar-refractivity contribution in [2.45, 2.75) is 31.3 Å². The van der Waals surface area contributed by atoms with Crippen LogP contribution in [0.25, 0.3) is 0 Å². The van der Waals surface area contributed by atoms with Crippen molar-refractivity contribution in [2.75, 3.05) is 19.6 Å². The Kier molecular flexibility index (Phi) is 3.03. The first-order valence-electron chi connectivity index (χ1n) is 6.29. The van der Waals surface area contributed by atoms with Gasteiger partial charge in [0.15, 0.2) is 5.82 Å². The molecule has 1 aromatic heterocycles. The normalized spacial score (nSPS) is 29.9. The molecular weight excluding hydrogens is 219 g/mol. The molecule has 2 fully saturated rings. The average Bonchev–Trinajstić information content (AvgIpc) is 2.39. The molecule has 3 heterocycles. The summed E-state index contributed by atoms with van der Waals surface area (Å²) < 4.78 is 12.8. The minimum Gasteiger partial charge on any atom is -0.305 e. The number of hydrogen-bond acceptors (Lipinski definition) is 4. The number of nitrogens with one attached hydrogen (secondary N) is 1. The number of aromatic nitrogens is 2. The number of halogens is 1. The van der Waals surface area contributed by atoms with Crippen LogP contribution in [0.4, 0.5) is 4.39 Å². The number of piperazine rings is 1. The average molecular weight is 236 g/mol. The predicted octanol–water partition coefficient (Wildman–Crippen LogP) is 1.11. The number of fused-ring (bicyclic) bond motifs is 1. The molecule has 0 spiro atoms. The van der Waals surface area contributed by atoms with Crippen LogP contribution in [0, 0.1) is 5.82 Å². The van der Waals surface area contributed by atoms with E-state index in [1.807, 2.05) is 0 Å². The standard InChI is InChI=1S/C12H17FN4/c13-9-7-15-12(16-8-9)11-10-3-1-2-5-17(10)6-4-14-11/h7-8,10-11,14H,1-6H2. The van der Waals surface area contributed by atoms with E-state index in [9.17, 15) is 4.39 Å². The first kappa shape index (κ1) is 11.0. The summed E-state index contributed by atoms with van der Waals surface area (Å²) in [5.74, 6) is 0.355. The van der Waals surface area contributed by atoms with Crippen LogP contribution in [0.1, 0.15) is 31.1 Å². The molecule has 2 aliphatic heterocycles. The van der Waals surface area contributed by atoms with Crippen molar-refractivity contribution in [3.63, 3.8) is 0 Å². The number of hydrogen-bond donors (Lipinski definition) is 1. The lowest BCUT2D eigenvalue weighted by Gasteiger charge is -2.44. The van der Waals surface area contributed by atoms with Gasteiger partial charge in [-0.1, -0.05) is 6.42 Å². The van der Waals surface area contributed by atoms with E-state index in [1.165, 1.54) is 38.2 Å². The van der Waals surface area contributed by atoms with Crippen molar-refractivity contribution >= 4 is 0 Å². The van der Waals surface area contributed by atoms with Gasteiger partial charge in [0.1, 0.15) is 5.82 Å². The molecule has 0 bridgehead atoms. The van der Waals surface area contributed by atoms with E-state index < -0.39 is 0 Å². The fraction of sp³-hybridized carbons (Fsp3) is 0.667. The Hall–Kier alpha value is -1.07. The molecule has 92 valence electrons. The van der Waals surface area contributed by atoms with Gasteiger partial charge < -0.3 is 5.32 Å². The molecule has 5 heteroatoms. The highest BCUT2D eigenvalue weighted by molar-refractivity contribution is 5.05. The van der Waals surface area contributed by atoms with E-state index in [4.69, 9.17) is 0 Å². The van der Waals surface area contributed by atoms with Crippen molar-refractivity contribution in [1.82, 2.24) is 20.2 Å². The first-order valence-corrected chi connectivity index (χ1v) is 6.29. The summed E-state index contributed by atoms with van der Waals surface area (Å²) in [6.45, 7) is 3.23. The van der Waals surface area contributed by atoms with Gasteiger partial charge in [0.05, 0.1) is 18.4 Å². The summed E-state index contributed by atoms with van der Waals surface area (Å²) in [4.78, 5) is 10.7. The minimum absolute atomic E-state index is 0.157. The maximum Gasteiger partial charge on any atom is 0.159 e. The number of rotatable bonds is 1. The molecule has 0 radical (unpaired) electrons. The van der Waals surface area contributed by atoms with Gasteiger partial charge in [-0.25, -0.2) is 14.4 Å². The number of nitrogens with zero attached hydrogens (tertiary/aromatic N) is 3. The molecule has 3 rings (SSSR count). The maximum absolute atomic E-state index is 12.8. The summed E-state index contributed by atoms with van der Waals surface area (Å²) in [5, 5.41) is 3.46. The van der Waals surface area contributed by atoms with E-state index in [0.717, 1.165) is 18.9 Å². The molecule has 2 unspecified atom stereocenters. The summed E-state index contributed by atoms with van der Waals surface area (Å²) in [6, 6.07) is 0.632. The van der Waals surface area contributed by atoms with Crippen molar-refractivity contribution < 1.29 is 4.39 Å². The van der Waals surface area contributed by atoms with Crippen LogP contribution in [-0.2, 0) is 0 Å². The molecule has 0 aliphatic carbocycles. The van der Waals surface area contributed by atoms with Gasteiger partial charge in [0.2, 0.25) is 0 Å². The largest absolute Gasteiger partial charge is 0.305 e. The van der Waals surface area contributed by atoms with Gasteiger partial charge in [-0.2, -0.15) is 0 Å². The lowest BCUT2D eigenvalue weighted by Crippen LogP contribution is -2.55.